The van der Waals surface area contributed by atoms with Gasteiger partial charge in [-0.1, -0.05) is 6.07 Å². The summed E-state index contributed by atoms with van der Waals surface area (Å²) in [6.45, 7) is 3.71. The molecule has 0 atom stereocenters. The lowest BCUT2D eigenvalue weighted by Crippen LogP contribution is -2.23. The van der Waals surface area contributed by atoms with Crippen molar-refractivity contribution >= 4 is 23.2 Å². The van der Waals surface area contributed by atoms with Gasteiger partial charge in [0.25, 0.3) is 0 Å². The second-order valence-corrected chi connectivity index (χ2v) is 4.42. The predicted octanol–water partition coefficient (Wildman–Crippen LogP) is 1.87. The first-order chi connectivity index (χ1) is 8.11. The Balaban J connectivity index is 2.43. The summed E-state index contributed by atoms with van der Waals surface area (Å²) in [5, 5.41) is 4.56. The standard InChI is InChI=1S/C12H15NO3S/c1-3-16-12(15)7-9(2)13-11(14)8-10-5-4-6-17-10/h4-7H,3,8H2,1-2H3,(H,13,14)/b9-7+. The lowest BCUT2D eigenvalue weighted by atomic mass is 10.3. The van der Waals surface area contributed by atoms with Gasteiger partial charge in [-0.3, -0.25) is 4.79 Å². The molecule has 0 aliphatic rings. The quantitative estimate of drug-likeness (QED) is 0.644. The van der Waals surface area contributed by atoms with Gasteiger partial charge < -0.3 is 10.1 Å². The van der Waals surface area contributed by atoms with E-state index in [4.69, 9.17) is 4.74 Å². The SMILES string of the molecule is CCOC(=O)/C=C(\C)NC(=O)Cc1cccs1. The highest BCUT2D eigenvalue weighted by Crippen LogP contribution is 2.09. The van der Waals surface area contributed by atoms with E-state index in [0.29, 0.717) is 18.7 Å². The van der Waals surface area contributed by atoms with Crippen molar-refractivity contribution in [2.45, 2.75) is 20.3 Å². The molecule has 0 saturated heterocycles. The molecule has 0 aliphatic carbocycles. The molecular formula is C12H15NO3S. The highest BCUT2D eigenvalue weighted by atomic mass is 32.1. The van der Waals surface area contributed by atoms with E-state index in [-0.39, 0.29) is 5.91 Å². The minimum atomic E-state index is -0.443. The second-order valence-electron chi connectivity index (χ2n) is 3.38. The van der Waals surface area contributed by atoms with Crippen LogP contribution in [0.25, 0.3) is 0 Å². The lowest BCUT2D eigenvalue weighted by molar-refractivity contribution is -0.137. The molecule has 4 nitrogen and oxygen atoms in total. The van der Waals surface area contributed by atoms with Gasteiger partial charge in [-0.15, -0.1) is 11.3 Å². The third-order valence-electron chi connectivity index (χ3n) is 1.87. The number of amides is 1. The summed E-state index contributed by atoms with van der Waals surface area (Å²) in [6.07, 6.45) is 1.60. The molecule has 1 aromatic heterocycles. The van der Waals surface area contributed by atoms with Crippen LogP contribution in [-0.2, 0) is 20.7 Å². The van der Waals surface area contributed by atoms with Crippen molar-refractivity contribution in [3.8, 4) is 0 Å². The first-order valence-electron chi connectivity index (χ1n) is 5.29. The van der Waals surface area contributed by atoms with Crippen molar-refractivity contribution in [2.24, 2.45) is 0 Å². The van der Waals surface area contributed by atoms with Crippen LogP contribution in [0, 0.1) is 0 Å². The first-order valence-corrected chi connectivity index (χ1v) is 6.17. The molecular weight excluding hydrogens is 238 g/mol. The fourth-order valence-electron chi connectivity index (χ4n) is 1.23. The molecule has 0 fully saturated rings. The highest BCUT2D eigenvalue weighted by molar-refractivity contribution is 7.10. The van der Waals surface area contributed by atoms with E-state index in [9.17, 15) is 9.59 Å². The van der Waals surface area contributed by atoms with Gasteiger partial charge in [0, 0.05) is 16.7 Å². The molecule has 0 saturated carbocycles. The molecule has 1 rings (SSSR count). The van der Waals surface area contributed by atoms with Crippen molar-refractivity contribution < 1.29 is 14.3 Å². The molecule has 17 heavy (non-hydrogen) atoms. The van der Waals surface area contributed by atoms with E-state index >= 15 is 0 Å². The fourth-order valence-corrected chi connectivity index (χ4v) is 1.94. The van der Waals surface area contributed by atoms with Crippen molar-refractivity contribution in [1.29, 1.82) is 0 Å². The molecule has 1 amide bonds. The van der Waals surface area contributed by atoms with E-state index in [1.165, 1.54) is 17.4 Å². The fraction of sp³-hybridized carbons (Fsp3) is 0.333. The van der Waals surface area contributed by atoms with Gasteiger partial charge in [-0.25, -0.2) is 4.79 Å². The van der Waals surface area contributed by atoms with Crippen molar-refractivity contribution in [2.75, 3.05) is 6.61 Å². The van der Waals surface area contributed by atoms with Gasteiger partial charge in [0.2, 0.25) is 5.91 Å². The maximum absolute atomic E-state index is 11.6. The summed E-state index contributed by atoms with van der Waals surface area (Å²) in [5.41, 5.74) is 0.491. The zero-order chi connectivity index (χ0) is 12.7. The van der Waals surface area contributed by atoms with E-state index in [1.54, 1.807) is 13.8 Å². The molecule has 1 aromatic rings. The smallest absolute Gasteiger partial charge is 0.332 e. The Morgan fingerprint density at radius 1 is 1.53 bits per heavy atom. The summed E-state index contributed by atoms with van der Waals surface area (Å²) in [5.74, 6) is -0.577. The van der Waals surface area contributed by atoms with Crippen LogP contribution in [0.1, 0.15) is 18.7 Å². The van der Waals surface area contributed by atoms with Gasteiger partial charge >= 0.3 is 5.97 Å². The number of nitrogens with one attached hydrogen (secondary N) is 1. The van der Waals surface area contributed by atoms with Crippen LogP contribution in [0.3, 0.4) is 0 Å². The number of ether oxygens (including phenoxy) is 1. The zero-order valence-corrected chi connectivity index (χ0v) is 10.7. The Morgan fingerprint density at radius 2 is 2.29 bits per heavy atom. The number of rotatable bonds is 5. The van der Waals surface area contributed by atoms with Crippen LogP contribution < -0.4 is 5.32 Å². The Hall–Kier alpha value is -1.62. The van der Waals surface area contributed by atoms with Gasteiger partial charge in [0.15, 0.2) is 0 Å². The average Bonchev–Trinajstić information content (AvgIpc) is 2.69. The molecule has 0 bridgehead atoms. The summed E-state index contributed by atoms with van der Waals surface area (Å²) in [6, 6.07) is 3.79. The number of allylic oxidation sites excluding steroid dienone is 1. The Kier molecular flexibility index (Phi) is 5.42. The lowest BCUT2D eigenvalue weighted by Gasteiger charge is -2.04. The Morgan fingerprint density at radius 3 is 2.88 bits per heavy atom. The average molecular weight is 253 g/mol. The van der Waals surface area contributed by atoms with E-state index in [0.717, 1.165) is 4.88 Å². The van der Waals surface area contributed by atoms with Gasteiger partial charge in [-0.2, -0.15) is 0 Å². The zero-order valence-electron chi connectivity index (χ0n) is 9.86. The van der Waals surface area contributed by atoms with Crippen LogP contribution in [0.2, 0.25) is 0 Å². The maximum Gasteiger partial charge on any atom is 0.332 e. The summed E-state index contributed by atoms with van der Waals surface area (Å²) >= 11 is 1.53. The summed E-state index contributed by atoms with van der Waals surface area (Å²) in [4.78, 5) is 23.7. The number of carbonyl (C=O) groups is 2. The van der Waals surface area contributed by atoms with E-state index in [2.05, 4.69) is 5.32 Å². The number of thiophene rings is 1. The first kappa shape index (κ1) is 13.4. The third-order valence-corrected chi connectivity index (χ3v) is 2.75. The van der Waals surface area contributed by atoms with Crippen molar-refractivity contribution in [1.82, 2.24) is 5.32 Å². The van der Waals surface area contributed by atoms with Crippen molar-refractivity contribution in [3.05, 3.63) is 34.2 Å². The maximum atomic E-state index is 11.6. The van der Waals surface area contributed by atoms with Crippen LogP contribution >= 0.6 is 11.3 Å². The van der Waals surface area contributed by atoms with Gasteiger partial charge in [-0.05, 0) is 25.3 Å². The van der Waals surface area contributed by atoms with E-state index in [1.807, 2.05) is 17.5 Å². The monoisotopic (exact) mass is 253 g/mol. The highest BCUT2D eigenvalue weighted by Gasteiger charge is 2.05. The number of carbonyl (C=O) groups excluding carboxylic acids is 2. The normalized spacial score (nSPS) is 11.1. The topological polar surface area (TPSA) is 55.4 Å². The third kappa shape index (κ3) is 5.31. The molecule has 5 heteroatoms. The Labute approximate surface area is 104 Å². The number of hydrogen-bond donors (Lipinski definition) is 1. The molecule has 1 N–H and O–H groups in total. The molecule has 1 heterocycles. The number of esters is 1. The Bertz CT molecular complexity index is 409. The van der Waals surface area contributed by atoms with Gasteiger partial charge in [0.1, 0.15) is 0 Å². The largest absolute Gasteiger partial charge is 0.463 e. The molecule has 0 radical (unpaired) electrons. The van der Waals surface area contributed by atoms with Gasteiger partial charge in [0.05, 0.1) is 13.0 Å². The van der Waals surface area contributed by atoms with E-state index < -0.39 is 5.97 Å². The molecule has 0 spiro atoms. The molecule has 0 aliphatic heterocycles. The van der Waals surface area contributed by atoms with Crippen LogP contribution in [0.5, 0.6) is 0 Å². The molecule has 0 aromatic carbocycles. The number of hydrogen-bond acceptors (Lipinski definition) is 4. The second kappa shape index (κ2) is 6.85. The predicted molar refractivity (Wildman–Crippen MR) is 66.6 cm³/mol. The summed E-state index contributed by atoms with van der Waals surface area (Å²) in [7, 11) is 0. The van der Waals surface area contributed by atoms with Crippen LogP contribution in [0.4, 0.5) is 0 Å². The minimum Gasteiger partial charge on any atom is -0.463 e. The minimum absolute atomic E-state index is 0.134. The summed E-state index contributed by atoms with van der Waals surface area (Å²) < 4.78 is 4.74. The van der Waals surface area contributed by atoms with Crippen LogP contribution in [0.15, 0.2) is 29.3 Å². The molecule has 0 unspecified atom stereocenters. The molecule has 92 valence electrons. The van der Waals surface area contributed by atoms with Crippen molar-refractivity contribution in [3.63, 3.8) is 0 Å². The van der Waals surface area contributed by atoms with Crippen LogP contribution in [-0.4, -0.2) is 18.5 Å².